The third-order valence-corrected chi connectivity index (χ3v) is 5.71. The van der Waals surface area contributed by atoms with Gasteiger partial charge in [0, 0.05) is 18.0 Å². The summed E-state index contributed by atoms with van der Waals surface area (Å²) in [5, 5.41) is 3.20. The van der Waals surface area contributed by atoms with Gasteiger partial charge in [-0.15, -0.1) is 0 Å². The van der Waals surface area contributed by atoms with E-state index in [0.717, 1.165) is 17.5 Å². The molecule has 0 saturated heterocycles. The summed E-state index contributed by atoms with van der Waals surface area (Å²) in [7, 11) is 0. The zero-order valence-corrected chi connectivity index (χ0v) is 19.8. The third kappa shape index (κ3) is 6.80. The van der Waals surface area contributed by atoms with Gasteiger partial charge in [-0.25, -0.2) is 9.78 Å². The Hall–Kier alpha value is -3.92. The fraction of sp³-hybridized carbons (Fsp3) is 0.240. The summed E-state index contributed by atoms with van der Waals surface area (Å²) in [5.74, 6) is 1.91. The van der Waals surface area contributed by atoms with Crippen LogP contribution in [0.3, 0.4) is 0 Å². The lowest BCUT2D eigenvalue weighted by atomic mass is 10.3. The highest BCUT2D eigenvalue weighted by molar-refractivity contribution is 8.00. The SMILES string of the molecule is CCOc1ccc(OCCOC(=O)c2cccnc2SCC(=O)Nc2ccc3c(c2)OCO3)cc1. The van der Waals surface area contributed by atoms with Crippen LogP contribution in [0.25, 0.3) is 0 Å². The number of thioether (sulfide) groups is 1. The zero-order valence-electron chi connectivity index (χ0n) is 19.0. The van der Waals surface area contributed by atoms with Crippen molar-refractivity contribution >= 4 is 29.3 Å². The first-order valence-electron chi connectivity index (χ1n) is 10.9. The fourth-order valence-corrected chi connectivity index (χ4v) is 3.92. The van der Waals surface area contributed by atoms with Crippen molar-refractivity contribution in [1.82, 2.24) is 4.98 Å². The summed E-state index contributed by atoms with van der Waals surface area (Å²) >= 11 is 1.15. The molecular weight excluding hydrogens is 472 g/mol. The Kier molecular flexibility index (Phi) is 8.29. The van der Waals surface area contributed by atoms with Crippen LogP contribution >= 0.6 is 11.8 Å². The van der Waals surface area contributed by atoms with Crippen molar-refractivity contribution in [3.8, 4) is 23.0 Å². The van der Waals surface area contributed by atoms with E-state index in [2.05, 4.69) is 10.3 Å². The molecule has 0 radical (unpaired) electrons. The van der Waals surface area contributed by atoms with Crippen molar-refractivity contribution < 1.29 is 33.3 Å². The minimum Gasteiger partial charge on any atom is -0.494 e. The first kappa shape index (κ1) is 24.2. The lowest BCUT2D eigenvalue weighted by Gasteiger charge is -2.10. The number of nitrogens with zero attached hydrogens (tertiary/aromatic N) is 1. The molecule has 2 aromatic carbocycles. The van der Waals surface area contributed by atoms with E-state index in [1.165, 1.54) is 0 Å². The Morgan fingerprint density at radius 1 is 1.00 bits per heavy atom. The van der Waals surface area contributed by atoms with E-state index in [1.807, 2.05) is 19.1 Å². The predicted octanol–water partition coefficient (Wildman–Crippen LogP) is 4.18. The van der Waals surface area contributed by atoms with Gasteiger partial charge in [0.1, 0.15) is 29.7 Å². The van der Waals surface area contributed by atoms with Gasteiger partial charge >= 0.3 is 5.97 Å². The average molecular weight is 497 g/mol. The zero-order chi connectivity index (χ0) is 24.5. The molecule has 1 N–H and O–H groups in total. The largest absolute Gasteiger partial charge is 0.494 e. The Morgan fingerprint density at radius 2 is 1.77 bits per heavy atom. The van der Waals surface area contributed by atoms with Crippen LogP contribution in [-0.2, 0) is 9.53 Å². The van der Waals surface area contributed by atoms with Crippen molar-refractivity contribution in [2.45, 2.75) is 11.9 Å². The standard InChI is InChI=1S/C25H24N2O7S/c1-2-30-18-6-8-19(9-7-18)31-12-13-32-25(29)20-4-3-11-26-24(20)35-15-23(28)27-17-5-10-21-22(14-17)34-16-33-21/h3-11,14H,2,12-13,15-16H2,1H3,(H,27,28). The van der Waals surface area contributed by atoms with E-state index < -0.39 is 5.97 Å². The number of rotatable bonds is 11. The minimum absolute atomic E-state index is 0.0621. The highest BCUT2D eigenvalue weighted by Gasteiger charge is 2.17. The van der Waals surface area contributed by atoms with Crippen LogP contribution in [0, 0.1) is 0 Å². The number of amides is 1. The number of aromatic nitrogens is 1. The molecule has 3 aromatic rings. The molecular formula is C25H24N2O7S. The number of hydrogen-bond acceptors (Lipinski definition) is 9. The Bertz CT molecular complexity index is 1170. The number of benzene rings is 2. The molecule has 0 fully saturated rings. The second-order valence-corrected chi connectivity index (χ2v) is 8.11. The molecule has 2 heterocycles. The number of esters is 1. The topological polar surface area (TPSA) is 105 Å². The molecule has 10 heteroatoms. The van der Waals surface area contributed by atoms with Gasteiger partial charge in [-0.05, 0) is 55.5 Å². The molecule has 0 aliphatic carbocycles. The highest BCUT2D eigenvalue weighted by atomic mass is 32.2. The highest BCUT2D eigenvalue weighted by Crippen LogP contribution is 2.34. The van der Waals surface area contributed by atoms with Crippen LogP contribution in [0.4, 0.5) is 5.69 Å². The molecule has 1 aliphatic rings. The Morgan fingerprint density at radius 3 is 2.57 bits per heavy atom. The van der Waals surface area contributed by atoms with Crippen molar-refractivity contribution in [1.29, 1.82) is 0 Å². The molecule has 0 saturated carbocycles. The average Bonchev–Trinajstić information content (AvgIpc) is 3.34. The third-order valence-electron chi connectivity index (χ3n) is 4.71. The quantitative estimate of drug-likeness (QED) is 0.238. The summed E-state index contributed by atoms with van der Waals surface area (Å²) in [4.78, 5) is 29.2. The Balaban J connectivity index is 1.24. The number of nitrogens with one attached hydrogen (secondary N) is 1. The molecule has 182 valence electrons. The number of anilines is 1. The smallest absolute Gasteiger partial charge is 0.341 e. The number of carbonyl (C=O) groups excluding carboxylic acids is 2. The molecule has 4 rings (SSSR count). The first-order valence-corrected chi connectivity index (χ1v) is 11.9. The maximum absolute atomic E-state index is 12.6. The lowest BCUT2D eigenvalue weighted by molar-refractivity contribution is -0.113. The van der Waals surface area contributed by atoms with Gasteiger partial charge < -0.3 is 29.0 Å². The number of fused-ring (bicyclic) bond motifs is 1. The molecule has 0 unspecified atom stereocenters. The number of hydrogen-bond donors (Lipinski definition) is 1. The number of pyridine rings is 1. The van der Waals surface area contributed by atoms with Crippen LogP contribution in [0.1, 0.15) is 17.3 Å². The summed E-state index contributed by atoms with van der Waals surface area (Å²) in [6.07, 6.45) is 1.56. The van der Waals surface area contributed by atoms with Crippen molar-refractivity contribution in [2.75, 3.05) is 37.7 Å². The Labute approximate surface area is 206 Å². The van der Waals surface area contributed by atoms with E-state index in [0.29, 0.717) is 34.6 Å². The van der Waals surface area contributed by atoms with Crippen LogP contribution in [-0.4, -0.2) is 49.2 Å². The van der Waals surface area contributed by atoms with Crippen LogP contribution < -0.4 is 24.3 Å². The van der Waals surface area contributed by atoms with Gasteiger partial charge in [0.25, 0.3) is 0 Å². The van der Waals surface area contributed by atoms with E-state index in [-0.39, 0.29) is 37.2 Å². The van der Waals surface area contributed by atoms with Gasteiger partial charge in [-0.1, -0.05) is 11.8 Å². The normalized spacial score (nSPS) is 11.6. The molecule has 0 spiro atoms. The lowest BCUT2D eigenvalue weighted by Crippen LogP contribution is -2.16. The second kappa shape index (κ2) is 12.0. The van der Waals surface area contributed by atoms with E-state index in [1.54, 1.807) is 48.7 Å². The van der Waals surface area contributed by atoms with E-state index in [4.69, 9.17) is 23.7 Å². The maximum Gasteiger partial charge on any atom is 0.341 e. The van der Waals surface area contributed by atoms with Crippen molar-refractivity contribution in [2.24, 2.45) is 0 Å². The molecule has 0 atom stereocenters. The van der Waals surface area contributed by atoms with Crippen LogP contribution in [0.15, 0.2) is 65.8 Å². The van der Waals surface area contributed by atoms with Gasteiger partial charge in [-0.2, -0.15) is 0 Å². The summed E-state index contributed by atoms with van der Waals surface area (Å²) in [6.45, 7) is 2.93. The van der Waals surface area contributed by atoms with Gasteiger partial charge in [-0.3, -0.25) is 4.79 Å². The maximum atomic E-state index is 12.6. The monoisotopic (exact) mass is 496 g/mol. The first-order chi connectivity index (χ1) is 17.1. The second-order valence-electron chi connectivity index (χ2n) is 7.15. The molecule has 1 amide bonds. The number of ether oxygens (including phenoxy) is 5. The number of carbonyl (C=O) groups is 2. The van der Waals surface area contributed by atoms with Gasteiger partial charge in [0.15, 0.2) is 11.5 Å². The summed E-state index contributed by atoms with van der Waals surface area (Å²) < 4.78 is 26.9. The van der Waals surface area contributed by atoms with Crippen LogP contribution in [0.2, 0.25) is 0 Å². The summed E-state index contributed by atoms with van der Waals surface area (Å²) in [6, 6.07) is 15.6. The van der Waals surface area contributed by atoms with Gasteiger partial charge in [0.05, 0.1) is 17.9 Å². The van der Waals surface area contributed by atoms with E-state index in [9.17, 15) is 9.59 Å². The molecule has 0 bridgehead atoms. The molecule has 1 aromatic heterocycles. The van der Waals surface area contributed by atoms with Gasteiger partial charge in [0.2, 0.25) is 12.7 Å². The van der Waals surface area contributed by atoms with Crippen LogP contribution in [0.5, 0.6) is 23.0 Å². The van der Waals surface area contributed by atoms with E-state index >= 15 is 0 Å². The minimum atomic E-state index is -0.535. The summed E-state index contributed by atoms with van der Waals surface area (Å²) in [5.41, 5.74) is 0.877. The molecule has 9 nitrogen and oxygen atoms in total. The van der Waals surface area contributed by atoms with Crippen molar-refractivity contribution in [3.05, 3.63) is 66.4 Å². The molecule has 1 aliphatic heterocycles. The predicted molar refractivity (Wildman–Crippen MR) is 130 cm³/mol. The van der Waals surface area contributed by atoms with Crippen molar-refractivity contribution in [3.63, 3.8) is 0 Å². The molecule has 35 heavy (non-hydrogen) atoms. The fourth-order valence-electron chi connectivity index (χ4n) is 3.14.